The van der Waals surface area contributed by atoms with E-state index in [0.29, 0.717) is 22.2 Å². The predicted molar refractivity (Wildman–Crippen MR) is 105 cm³/mol. The Bertz CT molecular complexity index is 982. The number of imidazole rings is 1. The first-order chi connectivity index (χ1) is 12.5. The number of rotatable bonds is 2. The molecule has 6 heteroatoms. The topological polar surface area (TPSA) is 38.1 Å². The summed E-state index contributed by atoms with van der Waals surface area (Å²) in [6, 6.07) is 13.1. The van der Waals surface area contributed by atoms with E-state index >= 15 is 0 Å². The number of hydrogen-bond acceptors (Lipinski definition) is 2. The normalized spacial score (nSPS) is 17.7. The maximum atomic E-state index is 13.0. The van der Waals surface area contributed by atoms with Gasteiger partial charge in [-0.2, -0.15) is 0 Å². The first kappa shape index (κ1) is 17.4. The summed E-state index contributed by atoms with van der Waals surface area (Å²) in [5.41, 5.74) is 2.57. The van der Waals surface area contributed by atoms with Crippen LogP contribution >= 0.6 is 23.2 Å². The highest BCUT2D eigenvalue weighted by molar-refractivity contribution is 6.35. The molecule has 1 aliphatic rings. The van der Waals surface area contributed by atoms with Gasteiger partial charge in [0.2, 0.25) is 0 Å². The van der Waals surface area contributed by atoms with E-state index in [1.54, 1.807) is 18.2 Å². The van der Waals surface area contributed by atoms with Gasteiger partial charge in [0.15, 0.2) is 0 Å². The molecular formula is C20H19Cl2N3O. The maximum Gasteiger partial charge on any atom is 0.255 e. The number of aromatic nitrogens is 2. The second kappa shape index (κ2) is 6.93. The first-order valence-electron chi connectivity index (χ1n) is 8.70. The van der Waals surface area contributed by atoms with Gasteiger partial charge >= 0.3 is 0 Å². The Morgan fingerprint density at radius 2 is 2.00 bits per heavy atom. The van der Waals surface area contributed by atoms with Crippen LogP contribution in [-0.4, -0.2) is 33.4 Å². The second-order valence-corrected chi connectivity index (χ2v) is 7.58. The molecule has 1 atom stereocenters. The average Bonchev–Trinajstić information content (AvgIpc) is 3.00. The Labute approximate surface area is 162 Å². The lowest BCUT2D eigenvalue weighted by atomic mass is 9.96. The van der Waals surface area contributed by atoms with Crippen molar-refractivity contribution in [3.8, 4) is 0 Å². The van der Waals surface area contributed by atoms with Crippen molar-refractivity contribution in [2.24, 2.45) is 7.05 Å². The molecule has 1 fully saturated rings. The van der Waals surface area contributed by atoms with Crippen LogP contribution in [-0.2, 0) is 7.05 Å². The molecule has 1 aromatic heterocycles. The molecule has 1 aliphatic heterocycles. The minimum atomic E-state index is -0.0686. The van der Waals surface area contributed by atoms with Gasteiger partial charge in [-0.25, -0.2) is 4.98 Å². The summed E-state index contributed by atoms with van der Waals surface area (Å²) in [4.78, 5) is 19.6. The molecule has 2 heterocycles. The van der Waals surface area contributed by atoms with E-state index in [0.717, 1.165) is 36.2 Å². The zero-order valence-corrected chi connectivity index (χ0v) is 16.0. The highest BCUT2D eigenvalue weighted by Gasteiger charge is 2.29. The van der Waals surface area contributed by atoms with Crippen LogP contribution in [0.1, 0.15) is 34.9 Å². The standard InChI is InChI=1S/C20H19Cl2N3O/c1-24-18-7-3-2-6-17(18)23-19(24)13-5-4-10-25(12-13)20(26)15-11-14(21)8-9-16(15)22/h2-3,6-9,11,13H,4-5,10,12H2,1H3. The van der Waals surface area contributed by atoms with Crippen molar-refractivity contribution in [3.05, 3.63) is 63.9 Å². The van der Waals surface area contributed by atoms with Gasteiger partial charge < -0.3 is 9.47 Å². The number of likely N-dealkylation sites (tertiary alicyclic amines) is 1. The van der Waals surface area contributed by atoms with Crippen LogP contribution in [0.25, 0.3) is 11.0 Å². The number of para-hydroxylation sites is 2. The van der Waals surface area contributed by atoms with E-state index in [1.807, 2.05) is 30.1 Å². The molecule has 0 saturated carbocycles. The van der Waals surface area contributed by atoms with E-state index in [4.69, 9.17) is 28.2 Å². The zero-order valence-electron chi connectivity index (χ0n) is 14.5. The van der Waals surface area contributed by atoms with Crippen LogP contribution in [0, 0.1) is 0 Å². The van der Waals surface area contributed by atoms with Gasteiger partial charge in [0.25, 0.3) is 5.91 Å². The summed E-state index contributed by atoms with van der Waals surface area (Å²) in [5, 5.41) is 0.950. The number of nitrogens with zero attached hydrogens (tertiary/aromatic N) is 3. The van der Waals surface area contributed by atoms with E-state index < -0.39 is 0 Å². The lowest BCUT2D eigenvalue weighted by Gasteiger charge is -2.32. The van der Waals surface area contributed by atoms with Gasteiger partial charge in [-0.05, 0) is 43.2 Å². The molecule has 0 aliphatic carbocycles. The van der Waals surface area contributed by atoms with E-state index in [9.17, 15) is 4.79 Å². The number of halogens is 2. The molecule has 1 saturated heterocycles. The summed E-state index contributed by atoms with van der Waals surface area (Å²) in [5.74, 6) is 1.17. The fourth-order valence-electron chi connectivity index (χ4n) is 3.73. The van der Waals surface area contributed by atoms with Crippen molar-refractivity contribution < 1.29 is 4.79 Å². The molecule has 134 valence electrons. The number of benzene rings is 2. The Morgan fingerprint density at radius 3 is 2.81 bits per heavy atom. The molecule has 0 N–H and O–H groups in total. The van der Waals surface area contributed by atoms with Crippen molar-refractivity contribution in [2.45, 2.75) is 18.8 Å². The maximum absolute atomic E-state index is 13.0. The predicted octanol–water partition coefficient (Wildman–Crippen LogP) is 4.90. The molecular weight excluding hydrogens is 369 g/mol. The summed E-state index contributed by atoms with van der Waals surface area (Å²) in [7, 11) is 2.04. The van der Waals surface area contributed by atoms with Crippen LogP contribution in [0.5, 0.6) is 0 Å². The largest absolute Gasteiger partial charge is 0.338 e. The zero-order chi connectivity index (χ0) is 18.3. The lowest BCUT2D eigenvalue weighted by Crippen LogP contribution is -2.39. The van der Waals surface area contributed by atoms with Gasteiger partial charge in [0.05, 0.1) is 21.6 Å². The Hall–Kier alpha value is -2.04. The second-order valence-electron chi connectivity index (χ2n) is 6.73. The number of carbonyl (C=O) groups excluding carboxylic acids is 1. The molecule has 2 aromatic carbocycles. The SMILES string of the molecule is Cn1c(C2CCCN(C(=O)c3cc(Cl)ccc3Cl)C2)nc2ccccc21. The van der Waals surface area contributed by atoms with Crippen molar-refractivity contribution in [2.75, 3.05) is 13.1 Å². The van der Waals surface area contributed by atoms with Gasteiger partial charge in [-0.15, -0.1) is 0 Å². The molecule has 0 spiro atoms. The van der Waals surface area contributed by atoms with Crippen LogP contribution in [0.3, 0.4) is 0 Å². The van der Waals surface area contributed by atoms with E-state index in [1.165, 1.54) is 0 Å². The van der Waals surface area contributed by atoms with Gasteiger partial charge in [-0.3, -0.25) is 4.79 Å². The van der Waals surface area contributed by atoms with Crippen molar-refractivity contribution >= 4 is 40.1 Å². The fraction of sp³-hybridized carbons (Fsp3) is 0.300. The quantitative estimate of drug-likeness (QED) is 0.626. The molecule has 0 bridgehead atoms. The molecule has 4 rings (SSSR count). The molecule has 3 aromatic rings. The number of piperidine rings is 1. The van der Waals surface area contributed by atoms with Gasteiger partial charge in [0.1, 0.15) is 5.82 Å². The third-order valence-corrected chi connectivity index (χ3v) is 5.62. The van der Waals surface area contributed by atoms with Crippen LogP contribution in [0.15, 0.2) is 42.5 Å². The number of amides is 1. The smallest absolute Gasteiger partial charge is 0.255 e. The molecule has 0 radical (unpaired) electrons. The molecule has 1 amide bonds. The number of hydrogen-bond donors (Lipinski definition) is 0. The van der Waals surface area contributed by atoms with Crippen molar-refractivity contribution in [1.82, 2.24) is 14.5 Å². The third kappa shape index (κ3) is 3.08. The summed E-state index contributed by atoms with van der Waals surface area (Å²) in [6.45, 7) is 1.36. The minimum absolute atomic E-state index is 0.0686. The first-order valence-corrected chi connectivity index (χ1v) is 9.46. The van der Waals surface area contributed by atoms with Gasteiger partial charge in [0, 0.05) is 31.1 Å². The summed E-state index contributed by atoms with van der Waals surface area (Å²) < 4.78 is 2.14. The number of aryl methyl sites for hydroxylation is 1. The number of carbonyl (C=O) groups is 1. The number of fused-ring (bicyclic) bond motifs is 1. The molecule has 26 heavy (non-hydrogen) atoms. The average molecular weight is 388 g/mol. The van der Waals surface area contributed by atoms with E-state index in [-0.39, 0.29) is 11.8 Å². The Kier molecular flexibility index (Phi) is 4.63. The highest BCUT2D eigenvalue weighted by Crippen LogP contribution is 2.30. The lowest BCUT2D eigenvalue weighted by molar-refractivity contribution is 0.0704. The monoisotopic (exact) mass is 387 g/mol. The third-order valence-electron chi connectivity index (χ3n) is 5.05. The minimum Gasteiger partial charge on any atom is -0.338 e. The van der Waals surface area contributed by atoms with E-state index in [2.05, 4.69) is 10.6 Å². The van der Waals surface area contributed by atoms with Crippen molar-refractivity contribution in [1.29, 1.82) is 0 Å². The van der Waals surface area contributed by atoms with Crippen LogP contribution in [0.2, 0.25) is 10.0 Å². The summed E-state index contributed by atoms with van der Waals surface area (Å²) >= 11 is 12.3. The van der Waals surface area contributed by atoms with Crippen LogP contribution < -0.4 is 0 Å². The Morgan fingerprint density at radius 1 is 1.19 bits per heavy atom. The van der Waals surface area contributed by atoms with Gasteiger partial charge in [-0.1, -0.05) is 35.3 Å². The highest BCUT2D eigenvalue weighted by atomic mass is 35.5. The Balaban J connectivity index is 1.62. The van der Waals surface area contributed by atoms with Crippen LogP contribution in [0.4, 0.5) is 0 Å². The van der Waals surface area contributed by atoms with Crippen molar-refractivity contribution in [3.63, 3.8) is 0 Å². The summed E-state index contributed by atoms with van der Waals surface area (Å²) in [6.07, 6.45) is 1.96. The fourth-order valence-corrected chi connectivity index (χ4v) is 4.10. The molecule has 1 unspecified atom stereocenters. The molecule has 4 nitrogen and oxygen atoms in total.